The van der Waals surface area contributed by atoms with Crippen molar-refractivity contribution in [3.05, 3.63) is 46.1 Å². The summed E-state index contributed by atoms with van der Waals surface area (Å²) in [4.78, 5) is 11.8. The summed E-state index contributed by atoms with van der Waals surface area (Å²) in [5.41, 5.74) is 3.22. The lowest BCUT2D eigenvalue weighted by Gasteiger charge is -2.10. The van der Waals surface area contributed by atoms with Crippen molar-refractivity contribution in [1.29, 1.82) is 0 Å². The molecule has 3 aromatic heterocycles. The van der Waals surface area contributed by atoms with Crippen molar-refractivity contribution < 1.29 is 0 Å². The van der Waals surface area contributed by atoms with Crippen LogP contribution in [-0.4, -0.2) is 19.6 Å². The first kappa shape index (κ1) is 13.5. The number of aryl methyl sites for hydroxylation is 2. The average molecular weight is 341 g/mol. The summed E-state index contributed by atoms with van der Waals surface area (Å²) in [5.74, 6) is 0.692. The molecule has 0 bridgehead atoms. The first-order valence-electron chi connectivity index (χ1n) is 7.73. The molecule has 4 aromatic rings. The van der Waals surface area contributed by atoms with Gasteiger partial charge in [-0.25, -0.2) is 9.97 Å². The molecule has 4 nitrogen and oxygen atoms in total. The van der Waals surface area contributed by atoms with E-state index in [0.717, 1.165) is 34.3 Å². The van der Waals surface area contributed by atoms with Gasteiger partial charge in [-0.15, -0.1) is 16.4 Å². The van der Waals surface area contributed by atoms with Gasteiger partial charge in [0.1, 0.15) is 4.83 Å². The Labute approximate surface area is 141 Å². The van der Waals surface area contributed by atoms with Gasteiger partial charge < -0.3 is 0 Å². The summed E-state index contributed by atoms with van der Waals surface area (Å²) in [7, 11) is 0. The number of aromatic nitrogens is 4. The van der Waals surface area contributed by atoms with E-state index in [-0.39, 0.29) is 0 Å². The number of benzene rings is 1. The molecule has 23 heavy (non-hydrogen) atoms. The highest BCUT2D eigenvalue weighted by Gasteiger charge is 2.22. The molecule has 0 aliphatic heterocycles. The van der Waals surface area contributed by atoms with Gasteiger partial charge >= 0.3 is 0 Å². The lowest BCUT2D eigenvalue weighted by molar-refractivity contribution is 0.700. The zero-order valence-electron chi connectivity index (χ0n) is 12.3. The van der Waals surface area contributed by atoms with Crippen molar-refractivity contribution in [3.63, 3.8) is 0 Å². The van der Waals surface area contributed by atoms with Crippen molar-refractivity contribution in [2.45, 2.75) is 25.7 Å². The molecule has 0 N–H and O–H groups in total. The summed E-state index contributed by atoms with van der Waals surface area (Å²) in [6.07, 6.45) is 4.72. The van der Waals surface area contributed by atoms with Crippen LogP contribution in [0.15, 0.2) is 30.3 Å². The number of hydrogen-bond acceptors (Lipinski definition) is 4. The van der Waals surface area contributed by atoms with Gasteiger partial charge in [0.2, 0.25) is 5.28 Å². The minimum Gasteiger partial charge on any atom is -0.207 e. The van der Waals surface area contributed by atoms with Crippen LogP contribution in [0.4, 0.5) is 0 Å². The number of thiophene rings is 1. The molecule has 0 spiro atoms. The number of nitrogens with zero attached hydrogens (tertiary/aromatic N) is 4. The van der Waals surface area contributed by atoms with E-state index in [2.05, 4.69) is 10.1 Å². The van der Waals surface area contributed by atoms with Crippen LogP contribution in [-0.2, 0) is 12.8 Å². The summed E-state index contributed by atoms with van der Waals surface area (Å²) >= 11 is 8.11. The van der Waals surface area contributed by atoms with E-state index < -0.39 is 0 Å². The standard InChI is InChI=1S/C17H13ClN4S/c18-17-20-16-13(11-8-4-5-9-12(11)23-16)15-19-14(21-22(15)17)10-6-2-1-3-7-10/h1-3,6-7H,4-5,8-9H2. The van der Waals surface area contributed by atoms with Gasteiger partial charge in [0, 0.05) is 10.4 Å². The number of rotatable bonds is 1. The van der Waals surface area contributed by atoms with Crippen molar-refractivity contribution >= 4 is 38.8 Å². The Morgan fingerprint density at radius 3 is 2.74 bits per heavy atom. The molecule has 0 saturated carbocycles. The minimum absolute atomic E-state index is 0.376. The monoisotopic (exact) mass is 340 g/mol. The van der Waals surface area contributed by atoms with Gasteiger partial charge in [-0.2, -0.15) is 4.52 Å². The lowest BCUT2D eigenvalue weighted by atomic mass is 9.97. The molecular formula is C17H13ClN4S. The van der Waals surface area contributed by atoms with E-state index >= 15 is 0 Å². The number of halogens is 1. The first-order valence-corrected chi connectivity index (χ1v) is 8.92. The van der Waals surface area contributed by atoms with E-state index in [1.165, 1.54) is 23.3 Å². The van der Waals surface area contributed by atoms with Crippen LogP contribution in [0.1, 0.15) is 23.3 Å². The largest absolute Gasteiger partial charge is 0.227 e. The van der Waals surface area contributed by atoms with Crippen LogP contribution >= 0.6 is 22.9 Å². The van der Waals surface area contributed by atoms with Gasteiger partial charge in [0.05, 0.1) is 5.39 Å². The Hall–Kier alpha value is -1.98. The molecule has 0 radical (unpaired) electrons. The summed E-state index contributed by atoms with van der Waals surface area (Å²) in [6.45, 7) is 0. The molecule has 1 aliphatic rings. The zero-order chi connectivity index (χ0) is 15.4. The maximum atomic E-state index is 6.36. The second-order valence-electron chi connectivity index (χ2n) is 5.81. The predicted octanol–water partition coefficient (Wildman–Crippen LogP) is 4.54. The third kappa shape index (κ3) is 2.00. The predicted molar refractivity (Wildman–Crippen MR) is 93.3 cm³/mol. The quantitative estimate of drug-likeness (QED) is 0.478. The second-order valence-corrected chi connectivity index (χ2v) is 7.23. The van der Waals surface area contributed by atoms with Crippen LogP contribution in [0.2, 0.25) is 5.28 Å². The normalized spacial score (nSPS) is 14.5. The van der Waals surface area contributed by atoms with E-state index in [1.54, 1.807) is 15.9 Å². The van der Waals surface area contributed by atoms with E-state index in [0.29, 0.717) is 11.1 Å². The highest BCUT2D eigenvalue weighted by atomic mass is 35.5. The van der Waals surface area contributed by atoms with E-state index in [4.69, 9.17) is 16.6 Å². The molecule has 0 saturated heterocycles. The Morgan fingerprint density at radius 1 is 1.04 bits per heavy atom. The molecule has 3 heterocycles. The van der Waals surface area contributed by atoms with E-state index in [1.807, 2.05) is 30.3 Å². The van der Waals surface area contributed by atoms with Gasteiger partial charge in [-0.3, -0.25) is 0 Å². The van der Waals surface area contributed by atoms with Gasteiger partial charge in [0.25, 0.3) is 0 Å². The smallest absolute Gasteiger partial charge is 0.207 e. The third-order valence-electron chi connectivity index (χ3n) is 4.38. The second kappa shape index (κ2) is 5.01. The third-order valence-corrected chi connectivity index (χ3v) is 5.81. The van der Waals surface area contributed by atoms with Gasteiger partial charge in [0.15, 0.2) is 11.5 Å². The van der Waals surface area contributed by atoms with E-state index in [9.17, 15) is 0 Å². The fourth-order valence-electron chi connectivity index (χ4n) is 3.30. The van der Waals surface area contributed by atoms with Crippen molar-refractivity contribution in [1.82, 2.24) is 19.6 Å². The Kier molecular flexibility index (Phi) is 2.93. The Bertz CT molecular complexity index is 1040. The fourth-order valence-corrected chi connectivity index (χ4v) is 4.81. The highest BCUT2D eigenvalue weighted by molar-refractivity contribution is 7.19. The summed E-state index contributed by atoms with van der Waals surface area (Å²) in [5, 5.41) is 6.09. The average Bonchev–Trinajstić information content (AvgIpc) is 3.17. The maximum absolute atomic E-state index is 6.36. The molecule has 0 fully saturated rings. The molecule has 0 atom stereocenters. The van der Waals surface area contributed by atoms with Crippen LogP contribution < -0.4 is 0 Å². The topological polar surface area (TPSA) is 43.1 Å². The van der Waals surface area contributed by atoms with Crippen LogP contribution in [0.25, 0.3) is 27.3 Å². The lowest BCUT2D eigenvalue weighted by Crippen LogP contribution is -1.99. The maximum Gasteiger partial charge on any atom is 0.227 e. The fraction of sp³-hybridized carbons (Fsp3) is 0.235. The Morgan fingerprint density at radius 2 is 1.87 bits per heavy atom. The zero-order valence-corrected chi connectivity index (χ0v) is 13.9. The molecule has 6 heteroatoms. The molecular weight excluding hydrogens is 328 g/mol. The number of hydrogen-bond donors (Lipinski definition) is 0. The number of fused-ring (bicyclic) bond motifs is 5. The summed E-state index contributed by atoms with van der Waals surface area (Å²) in [6, 6.07) is 9.99. The molecule has 5 rings (SSSR count). The molecule has 1 aromatic carbocycles. The van der Waals surface area contributed by atoms with Crippen LogP contribution in [0.3, 0.4) is 0 Å². The van der Waals surface area contributed by atoms with Crippen molar-refractivity contribution in [2.24, 2.45) is 0 Å². The van der Waals surface area contributed by atoms with Crippen LogP contribution in [0, 0.1) is 0 Å². The minimum atomic E-state index is 0.376. The molecule has 114 valence electrons. The van der Waals surface area contributed by atoms with Crippen LogP contribution in [0.5, 0.6) is 0 Å². The summed E-state index contributed by atoms with van der Waals surface area (Å²) < 4.78 is 1.67. The van der Waals surface area contributed by atoms with Crippen molar-refractivity contribution in [2.75, 3.05) is 0 Å². The Balaban J connectivity index is 1.85. The van der Waals surface area contributed by atoms with Gasteiger partial charge in [-0.1, -0.05) is 30.3 Å². The molecule has 0 amide bonds. The highest BCUT2D eigenvalue weighted by Crippen LogP contribution is 2.38. The first-order chi connectivity index (χ1) is 11.3. The van der Waals surface area contributed by atoms with Crippen molar-refractivity contribution in [3.8, 4) is 11.4 Å². The molecule has 0 unspecified atom stereocenters. The SMILES string of the molecule is Clc1nc2sc3c(c2c2nc(-c4ccccc4)nn12)CCCC3. The van der Waals surface area contributed by atoms with Gasteiger partial charge in [-0.05, 0) is 42.8 Å². The molecule has 1 aliphatic carbocycles.